The van der Waals surface area contributed by atoms with Crippen LogP contribution in [0.2, 0.25) is 0 Å². The molecule has 0 aromatic carbocycles. The summed E-state index contributed by atoms with van der Waals surface area (Å²) in [7, 11) is 1.33. The zero-order valence-electron chi connectivity index (χ0n) is 8.45. The standard InChI is InChI=1S/C10H13NO4/c1-15-9(12)4-2-3-7-5-11-6-8(7)10(13)14/h5-6,11H,2-4H2,1H3,(H,13,14). The number of H-pyrrole nitrogens is 1. The zero-order valence-corrected chi connectivity index (χ0v) is 8.45. The molecule has 5 heteroatoms. The highest BCUT2D eigenvalue weighted by Crippen LogP contribution is 2.11. The van der Waals surface area contributed by atoms with Gasteiger partial charge in [0.2, 0.25) is 0 Å². The average Bonchev–Trinajstić information content (AvgIpc) is 2.65. The lowest BCUT2D eigenvalue weighted by atomic mass is 10.1. The Balaban J connectivity index is 2.47. The number of hydrogen-bond acceptors (Lipinski definition) is 3. The van der Waals surface area contributed by atoms with E-state index in [0.717, 1.165) is 0 Å². The first kappa shape index (κ1) is 11.3. The maximum Gasteiger partial charge on any atom is 0.337 e. The van der Waals surface area contributed by atoms with E-state index in [1.807, 2.05) is 0 Å². The molecule has 1 heterocycles. The predicted octanol–water partition coefficient (Wildman–Crippen LogP) is 1.21. The van der Waals surface area contributed by atoms with Crippen molar-refractivity contribution in [1.82, 2.24) is 4.98 Å². The van der Waals surface area contributed by atoms with Crippen LogP contribution in [0.5, 0.6) is 0 Å². The Bertz CT molecular complexity index is 356. The Hall–Kier alpha value is -1.78. The smallest absolute Gasteiger partial charge is 0.337 e. The van der Waals surface area contributed by atoms with Gasteiger partial charge in [-0.05, 0) is 18.4 Å². The molecule has 0 saturated carbocycles. The molecule has 0 fully saturated rings. The fourth-order valence-electron chi connectivity index (χ4n) is 1.33. The van der Waals surface area contributed by atoms with Crippen molar-refractivity contribution < 1.29 is 19.4 Å². The van der Waals surface area contributed by atoms with Gasteiger partial charge in [-0.15, -0.1) is 0 Å². The minimum atomic E-state index is -0.954. The number of carbonyl (C=O) groups is 2. The van der Waals surface area contributed by atoms with Crippen LogP contribution in [0.3, 0.4) is 0 Å². The summed E-state index contributed by atoms with van der Waals surface area (Å²) in [5.74, 6) is -1.23. The van der Waals surface area contributed by atoms with Gasteiger partial charge in [-0.2, -0.15) is 0 Å². The summed E-state index contributed by atoms with van der Waals surface area (Å²) in [6, 6.07) is 0. The SMILES string of the molecule is COC(=O)CCCc1c[nH]cc1C(=O)O. The lowest BCUT2D eigenvalue weighted by molar-refractivity contribution is -0.140. The van der Waals surface area contributed by atoms with Gasteiger partial charge in [-0.1, -0.05) is 0 Å². The second kappa shape index (κ2) is 5.19. The van der Waals surface area contributed by atoms with Gasteiger partial charge in [-0.25, -0.2) is 4.79 Å². The van der Waals surface area contributed by atoms with E-state index in [-0.39, 0.29) is 11.5 Å². The monoisotopic (exact) mass is 211 g/mol. The first-order valence-corrected chi connectivity index (χ1v) is 4.61. The number of carbonyl (C=O) groups excluding carboxylic acids is 1. The van der Waals surface area contributed by atoms with Crippen molar-refractivity contribution in [2.24, 2.45) is 0 Å². The Labute approximate surface area is 87.1 Å². The lowest BCUT2D eigenvalue weighted by Gasteiger charge is -1.99. The van der Waals surface area contributed by atoms with Crippen molar-refractivity contribution in [3.05, 3.63) is 23.5 Å². The van der Waals surface area contributed by atoms with E-state index in [2.05, 4.69) is 9.72 Å². The molecule has 0 aliphatic carbocycles. The number of aromatic carboxylic acids is 1. The van der Waals surface area contributed by atoms with Gasteiger partial charge in [0.15, 0.2) is 0 Å². The largest absolute Gasteiger partial charge is 0.478 e. The van der Waals surface area contributed by atoms with Crippen molar-refractivity contribution >= 4 is 11.9 Å². The number of ether oxygens (including phenoxy) is 1. The highest BCUT2D eigenvalue weighted by molar-refractivity contribution is 5.89. The summed E-state index contributed by atoms with van der Waals surface area (Å²) in [4.78, 5) is 24.3. The van der Waals surface area contributed by atoms with Crippen LogP contribution in [-0.4, -0.2) is 29.1 Å². The van der Waals surface area contributed by atoms with E-state index in [0.29, 0.717) is 24.8 Å². The van der Waals surface area contributed by atoms with Crippen LogP contribution in [-0.2, 0) is 16.0 Å². The summed E-state index contributed by atoms with van der Waals surface area (Å²) < 4.78 is 4.48. The minimum absolute atomic E-state index is 0.264. The molecule has 2 N–H and O–H groups in total. The molecule has 0 saturated heterocycles. The zero-order chi connectivity index (χ0) is 11.3. The van der Waals surface area contributed by atoms with Crippen LogP contribution < -0.4 is 0 Å². The molecule has 1 rings (SSSR count). The Kier molecular flexibility index (Phi) is 3.91. The number of carboxylic acids is 1. The van der Waals surface area contributed by atoms with Crippen LogP contribution in [0.25, 0.3) is 0 Å². The number of aromatic nitrogens is 1. The van der Waals surface area contributed by atoms with Crippen LogP contribution in [0.15, 0.2) is 12.4 Å². The normalized spacial score (nSPS) is 9.93. The number of hydrogen-bond donors (Lipinski definition) is 2. The van der Waals surface area contributed by atoms with Gasteiger partial charge in [0.25, 0.3) is 0 Å². The summed E-state index contributed by atoms with van der Waals surface area (Å²) in [6.45, 7) is 0. The topological polar surface area (TPSA) is 79.4 Å². The van der Waals surface area contributed by atoms with Crippen molar-refractivity contribution in [2.45, 2.75) is 19.3 Å². The molecule has 0 radical (unpaired) electrons. The highest BCUT2D eigenvalue weighted by atomic mass is 16.5. The fourth-order valence-corrected chi connectivity index (χ4v) is 1.33. The Morgan fingerprint density at radius 3 is 2.80 bits per heavy atom. The number of esters is 1. The number of rotatable bonds is 5. The molecule has 82 valence electrons. The van der Waals surface area contributed by atoms with E-state index in [1.54, 1.807) is 6.20 Å². The first-order chi connectivity index (χ1) is 7.15. The number of methoxy groups -OCH3 is 1. The molecule has 5 nitrogen and oxygen atoms in total. The van der Waals surface area contributed by atoms with Crippen molar-refractivity contribution in [3.63, 3.8) is 0 Å². The summed E-state index contributed by atoms with van der Waals surface area (Å²) in [5, 5.41) is 8.80. The van der Waals surface area contributed by atoms with E-state index in [4.69, 9.17) is 5.11 Å². The van der Waals surface area contributed by atoms with E-state index in [1.165, 1.54) is 13.3 Å². The molecule has 1 aromatic rings. The summed E-state index contributed by atoms with van der Waals surface area (Å²) >= 11 is 0. The molecule has 0 bridgehead atoms. The third kappa shape index (κ3) is 3.12. The van der Waals surface area contributed by atoms with Crippen molar-refractivity contribution in [3.8, 4) is 0 Å². The molecule has 0 unspecified atom stereocenters. The second-order valence-electron chi connectivity index (χ2n) is 3.13. The third-order valence-corrected chi connectivity index (χ3v) is 2.12. The maximum atomic E-state index is 10.8. The molecule has 0 spiro atoms. The fraction of sp³-hybridized carbons (Fsp3) is 0.400. The molecule has 0 atom stereocenters. The molecular formula is C10H13NO4. The van der Waals surface area contributed by atoms with Crippen LogP contribution in [0.4, 0.5) is 0 Å². The van der Waals surface area contributed by atoms with Gasteiger partial charge >= 0.3 is 11.9 Å². The quantitative estimate of drug-likeness (QED) is 0.717. The Morgan fingerprint density at radius 2 is 2.20 bits per heavy atom. The third-order valence-electron chi connectivity index (χ3n) is 2.12. The number of aromatic amines is 1. The molecule has 15 heavy (non-hydrogen) atoms. The molecule has 0 aliphatic rings. The molecule has 1 aromatic heterocycles. The van der Waals surface area contributed by atoms with Crippen LogP contribution >= 0.6 is 0 Å². The van der Waals surface area contributed by atoms with Gasteiger partial charge in [0.1, 0.15) is 0 Å². The number of nitrogens with one attached hydrogen (secondary N) is 1. The summed E-state index contributed by atoms with van der Waals surface area (Å²) in [5.41, 5.74) is 0.978. The van der Waals surface area contributed by atoms with E-state index < -0.39 is 5.97 Å². The first-order valence-electron chi connectivity index (χ1n) is 4.61. The average molecular weight is 211 g/mol. The molecule has 0 aliphatic heterocycles. The highest BCUT2D eigenvalue weighted by Gasteiger charge is 2.10. The van der Waals surface area contributed by atoms with Crippen molar-refractivity contribution in [2.75, 3.05) is 7.11 Å². The maximum absolute atomic E-state index is 10.8. The van der Waals surface area contributed by atoms with Gasteiger partial charge in [0, 0.05) is 18.8 Å². The number of carboxylic acid groups (broad SMARTS) is 1. The predicted molar refractivity (Wildman–Crippen MR) is 52.7 cm³/mol. The van der Waals surface area contributed by atoms with Crippen LogP contribution in [0, 0.1) is 0 Å². The molecule has 0 amide bonds. The van der Waals surface area contributed by atoms with Gasteiger partial charge < -0.3 is 14.8 Å². The lowest BCUT2D eigenvalue weighted by Crippen LogP contribution is -2.02. The Morgan fingerprint density at radius 1 is 1.47 bits per heavy atom. The molecular weight excluding hydrogens is 198 g/mol. The van der Waals surface area contributed by atoms with Crippen LogP contribution in [0.1, 0.15) is 28.8 Å². The van der Waals surface area contributed by atoms with Gasteiger partial charge in [-0.3, -0.25) is 4.79 Å². The van der Waals surface area contributed by atoms with Gasteiger partial charge in [0.05, 0.1) is 12.7 Å². The van der Waals surface area contributed by atoms with E-state index >= 15 is 0 Å². The second-order valence-corrected chi connectivity index (χ2v) is 3.13. The minimum Gasteiger partial charge on any atom is -0.478 e. The van der Waals surface area contributed by atoms with Crippen molar-refractivity contribution in [1.29, 1.82) is 0 Å². The summed E-state index contributed by atoms with van der Waals surface area (Å²) in [6.07, 6.45) is 4.53. The number of aryl methyl sites for hydroxylation is 1. The van der Waals surface area contributed by atoms with E-state index in [9.17, 15) is 9.59 Å².